The Morgan fingerprint density at radius 2 is 1.93 bits per heavy atom. The van der Waals surface area contributed by atoms with Crippen LogP contribution in [0.2, 0.25) is 0 Å². The summed E-state index contributed by atoms with van der Waals surface area (Å²) in [6.07, 6.45) is 5.68. The molecular formula is C24H27NO3. The van der Waals surface area contributed by atoms with Crippen LogP contribution in [0.15, 0.2) is 60.7 Å². The zero-order chi connectivity index (χ0) is 19.7. The van der Waals surface area contributed by atoms with Gasteiger partial charge in [0.25, 0.3) is 0 Å². The summed E-state index contributed by atoms with van der Waals surface area (Å²) >= 11 is 0. The van der Waals surface area contributed by atoms with Gasteiger partial charge in [-0.15, -0.1) is 0 Å². The molecule has 0 saturated carbocycles. The van der Waals surface area contributed by atoms with Crippen molar-refractivity contribution < 1.29 is 14.2 Å². The van der Waals surface area contributed by atoms with E-state index < -0.39 is 0 Å². The van der Waals surface area contributed by atoms with Crippen molar-refractivity contribution in [3.63, 3.8) is 0 Å². The van der Waals surface area contributed by atoms with Gasteiger partial charge < -0.3 is 19.5 Å². The Balaban J connectivity index is 1.74. The molecule has 2 aromatic rings. The molecule has 0 saturated heterocycles. The van der Waals surface area contributed by atoms with E-state index >= 15 is 0 Å². The highest BCUT2D eigenvalue weighted by Gasteiger charge is 2.39. The van der Waals surface area contributed by atoms with Crippen molar-refractivity contribution in [3.05, 3.63) is 71.8 Å². The predicted molar refractivity (Wildman–Crippen MR) is 113 cm³/mol. The van der Waals surface area contributed by atoms with Gasteiger partial charge in [-0.25, -0.2) is 0 Å². The van der Waals surface area contributed by atoms with Crippen molar-refractivity contribution in [2.45, 2.75) is 25.3 Å². The molecule has 4 nitrogen and oxygen atoms in total. The molecule has 0 bridgehead atoms. The summed E-state index contributed by atoms with van der Waals surface area (Å²) in [5, 5.41) is 3.77. The van der Waals surface area contributed by atoms with E-state index in [1.807, 2.05) is 19.1 Å². The molecule has 1 aliphatic carbocycles. The first kappa shape index (κ1) is 18.5. The van der Waals surface area contributed by atoms with E-state index in [4.69, 9.17) is 14.2 Å². The lowest BCUT2D eigenvalue weighted by Gasteiger charge is -2.38. The van der Waals surface area contributed by atoms with Gasteiger partial charge in [-0.1, -0.05) is 36.9 Å². The minimum absolute atomic E-state index is 0.168. The SMILES string of the molecule is C=C(C)COc1cccc2c1NC(c1ccc(OC)c(OC)c1)C1CC=CC21. The van der Waals surface area contributed by atoms with Crippen molar-refractivity contribution in [1.82, 2.24) is 0 Å². The van der Waals surface area contributed by atoms with Crippen molar-refractivity contribution in [1.29, 1.82) is 0 Å². The van der Waals surface area contributed by atoms with Crippen molar-refractivity contribution in [2.24, 2.45) is 5.92 Å². The molecule has 0 aromatic heterocycles. The van der Waals surface area contributed by atoms with Gasteiger partial charge in [0.1, 0.15) is 12.4 Å². The van der Waals surface area contributed by atoms with Crippen LogP contribution in [0.5, 0.6) is 17.2 Å². The fraction of sp³-hybridized carbons (Fsp3) is 0.333. The molecule has 1 N–H and O–H groups in total. The molecule has 0 amide bonds. The van der Waals surface area contributed by atoms with Gasteiger partial charge in [0, 0.05) is 5.92 Å². The number of para-hydroxylation sites is 1. The zero-order valence-electron chi connectivity index (χ0n) is 16.7. The van der Waals surface area contributed by atoms with Crippen molar-refractivity contribution >= 4 is 5.69 Å². The summed E-state index contributed by atoms with van der Waals surface area (Å²) in [6.45, 7) is 6.45. The summed E-state index contributed by atoms with van der Waals surface area (Å²) in [5.74, 6) is 3.21. The lowest BCUT2D eigenvalue weighted by atomic mass is 9.77. The van der Waals surface area contributed by atoms with Crippen LogP contribution in [0.4, 0.5) is 5.69 Å². The number of rotatable bonds is 6. The molecule has 4 rings (SSSR count). The summed E-state index contributed by atoms with van der Waals surface area (Å²) in [5.41, 5.74) is 4.58. The monoisotopic (exact) mass is 377 g/mol. The Morgan fingerprint density at radius 1 is 1.11 bits per heavy atom. The van der Waals surface area contributed by atoms with Crippen molar-refractivity contribution in [2.75, 3.05) is 26.1 Å². The van der Waals surface area contributed by atoms with Crippen LogP contribution in [0.3, 0.4) is 0 Å². The molecule has 1 aliphatic heterocycles. The number of ether oxygens (including phenoxy) is 3. The van der Waals surface area contributed by atoms with Gasteiger partial charge in [0.15, 0.2) is 11.5 Å². The van der Waals surface area contributed by atoms with Crippen LogP contribution in [0.25, 0.3) is 0 Å². The van der Waals surface area contributed by atoms with E-state index in [1.165, 1.54) is 11.1 Å². The van der Waals surface area contributed by atoms with E-state index in [0.717, 1.165) is 34.9 Å². The Bertz CT molecular complexity index is 918. The topological polar surface area (TPSA) is 39.7 Å². The third kappa shape index (κ3) is 3.24. The van der Waals surface area contributed by atoms with E-state index in [1.54, 1.807) is 14.2 Å². The summed E-state index contributed by atoms with van der Waals surface area (Å²) in [7, 11) is 3.34. The number of fused-ring (bicyclic) bond motifs is 3. The average Bonchev–Trinajstić information content (AvgIpc) is 3.21. The van der Waals surface area contributed by atoms with Gasteiger partial charge >= 0.3 is 0 Å². The molecule has 3 atom stereocenters. The Hall–Kier alpha value is -2.88. The third-order valence-corrected chi connectivity index (χ3v) is 5.60. The quantitative estimate of drug-likeness (QED) is 0.676. The van der Waals surface area contributed by atoms with Gasteiger partial charge in [-0.2, -0.15) is 0 Å². The Morgan fingerprint density at radius 3 is 2.68 bits per heavy atom. The van der Waals surface area contributed by atoms with Gasteiger partial charge in [0.2, 0.25) is 0 Å². The molecule has 3 unspecified atom stereocenters. The molecule has 1 heterocycles. The lowest BCUT2D eigenvalue weighted by molar-refractivity contribution is 0.347. The lowest BCUT2D eigenvalue weighted by Crippen LogP contribution is -2.29. The molecule has 146 valence electrons. The fourth-order valence-corrected chi connectivity index (χ4v) is 4.29. The number of nitrogens with one attached hydrogen (secondary N) is 1. The first-order valence-electron chi connectivity index (χ1n) is 9.67. The van der Waals surface area contributed by atoms with E-state index in [0.29, 0.717) is 18.4 Å². The molecule has 0 spiro atoms. The Labute approximate surface area is 166 Å². The number of benzene rings is 2. The second-order valence-corrected chi connectivity index (χ2v) is 7.56. The molecule has 4 heteroatoms. The largest absolute Gasteiger partial charge is 0.493 e. The van der Waals surface area contributed by atoms with Crippen LogP contribution in [0, 0.1) is 5.92 Å². The van der Waals surface area contributed by atoms with Crippen LogP contribution >= 0.6 is 0 Å². The van der Waals surface area contributed by atoms with Crippen LogP contribution in [-0.4, -0.2) is 20.8 Å². The van der Waals surface area contributed by atoms with Crippen LogP contribution in [-0.2, 0) is 0 Å². The molecule has 2 aromatic carbocycles. The highest BCUT2D eigenvalue weighted by molar-refractivity contribution is 5.68. The van der Waals surface area contributed by atoms with Crippen LogP contribution in [0.1, 0.15) is 36.4 Å². The molecular weight excluding hydrogens is 350 g/mol. The summed E-state index contributed by atoms with van der Waals surface area (Å²) < 4.78 is 17.0. The normalized spacial score (nSPS) is 22.0. The van der Waals surface area contributed by atoms with Crippen molar-refractivity contribution in [3.8, 4) is 17.2 Å². The molecule has 0 radical (unpaired) electrons. The Kier molecular flexibility index (Phi) is 5.03. The number of methoxy groups -OCH3 is 2. The molecule has 0 fully saturated rings. The average molecular weight is 377 g/mol. The zero-order valence-corrected chi connectivity index (χ0v) is 16.7. The number of hydrogen-bond acceptors (Lipinski definition) is 4. The highest BCUT2D eigenvalue weighted by atomic mass is 16.5. The first-order chi connectivity index (χ1) is 13.6. The standard InChI is InChI=1S/C24H27NO3/c1-15(2)14-28-21-10-6-9-19-17-7-5-8-18(17)23(25-24(19)21)16-11-12-20(26-3)22(13-16)27-4/h5-7,9-13,17-18,23,25H,1,8,14H2,2-4H3. The minimum atomic E-state index is 0.168. The smallest absolute Gasteiger partial charge is 0.161 e. The summed E-state index contributed by atoms with van der Waals surface area (Å²) in [4.78, 5) is 0. The summed E-state index contributed by atoms with van der Waals surface area (Å²) in [6, 6.07) is 12.7. The number of allylic oxidation sites excluding steroid dienone is 2. The number of anilines is 1. The van der Waals surface area contributed by atoms with Gasteiger partial charge in [-0.05, 0) is 54.2 Å². The molecule has 2 aliphatic rings. The predicted octanol–water partition coefficient (Wildman–Crippen LogP) is 5.49. The first-order valence-corrected chi connectivity index (χ1v) is 9.67. The second-order valence-electron chi connectivity index (χ2n) is 7.56. The van der Waals surface area contributed by atoms with Crippen LogP contribution < -0.4 is 19.5 Å². The minimum Gasteiger partial charge on any atom is -0.493 e. The fourth-order valence-electron chi connectivity index (χ4n) is 4.29. The number of hydrogen-bond donors (Lipinski definition) is 1. The van der Waals surface area contributed by atoms with E-state index in [2.05, 4.69) is 48.3 Å². The third-order valence-electron chi connectivity index (χ3n) is 5.60. The van der Waals surface area contributed by atoms with Gasteiger partial charge in [0.05, 0.1) is 25.9 Å². The maximum Gasteiger partial charge on any atom is 0.161 e. The highest BCUT2D eigenvalue weighted by Crippen LogP contribution is 2.52. The van der Waals surface area contributed by atoms with E-state index in [-0.39, 0.29) is 6.04 Å². The maximum atomic E-state index is 6.05. The second kappa shape index (κ2) is 7.63. The molecule has 28 heavy (non-hydrogen) atoms. The maximum absolute atomic E-state index is 6.05. The van der Waals surface area contributed by atoms with E-state index in [9.17, 15) is 0 Å². The van der Waals surface area contributed by atoms with Gasteiger partial charge in [-0.3, -0.25) is 0 Å².